The molecule has 3 rings (SSSR count). The fourth-order valence-electron chi connectivity index (χ4n) is 3.35. The van der Waals surface area contributed by atoms with E-state index in [1.54, 1.807) is 4.68 Å². The van der Waals surface area contributed by atoms with Crippen molar-refractivity contribution in [2.75, 3.05) is 26.2 Å². The Balaban J connectivity index is 1.64. The number of guanidine groups is 1. The lowest BCUT2D eigenvalue weighted by Crippen LogP contribution is -2.49. The summed E-state index contributed by atoms with van der Waals surface area (Å²) in [5, 5.41) is 18.1. The van der Waals surface area contributed by atoms with Crippen LogP contribution in [-0.4, -0.2) is 61.3 Å². The molecule has 1 N–H and O–H groups in total. The molecule has 1 saturated heterocycles. The highest BCUT2D eigenvalue weighted by Crippen LogP contribution is 2.27. The van der Waals surface area contributed by atoms with Gasteiger partial charge in [-0.3, -0.25) is 19.8 Å². The molecule has 0 amide bonds. The van der Waals surface area contributed by atoms with Crippen molar-refractivity contribution in [1.29, 1.82) is 0 Å². The summed E-state index contributed by atoms with van der Waals surface area (Å²) < 4.78 is 3.72. The summed E-state index contributed by atoms with van der Waals surface area (Å²) in [6.45, 7) is 7.93. The van der Waals surface area contributed by atoms with Crippen molar-refractivity contribution in [1.82, 2.24) is 29.5 Å². The number of hydrogen-bond acceptors (Lipinski definition) is 5. The number of rotatable bonds is 6. The first-order valence-electron chi connectivity index (χ1n) is 9.26. The predicted molar refractivity (Wildman–Crippen MR) is 101 cm³/mol. The Morgan fingerprint density at radius 1 is 1.52 bits per heavy atom. The van der Waals surface area contributed by atoms with Crippen LogP contribution in [0.5, 0.6) is 0 Å². The first-order valence-corrected chi connectivity index (χ1v) is 9.26. The monoisotopic (exact) mass is 374 g/mol. The van der Waals surface area contributed by atoms with E-state index in [0.29, 0.717) is 25.0 Å². The van der Waals surface area contributed by atoms with Gasteiger partial charge < -0.3 is 14.8 Å². The van der Waals surface area contributed by atoms with Gasteiger partial charge in [0, 0.05) is 32.0 Å². The molecule has 10 heteroatoms. The fourth-order valence-corrected chi connectivity index (χ4v) is 3.35. The van der Waals surface area contributed by atoms with Gasteiger partial charge in [-0.05, 0) is 19.3 Å². The van der Waals surface area contributed by atoms with Crippen LogP contribution in [0.25, 0.3) is 0 Å². The zero-order chi connectivity index (χ0) is 19.2. The molecule has 0 aromatic carbocycles. The van der Waals surface area contributed by atoms with Crippen LogP contribution >= 0.6 is 0 Å². The molecular formula is C17H26N8O2. The van der Waals surface area contributed by atoms with E-state index in [0.717, 1.165) is 32.0 Å². The first kappa shape index (κ1) is 18.9. The van der Waals surface area contributed by atoms with Gasteiger partial charge in [0.05, 0.1) is 30.4 Å². The molecule has 1 fully saturated rings. The topological polar surface area (TPSA) is 106 Å². The molecule has 1 aliphatic heterocycles. The summed E-state index contributed by atoms with van der Waals surface area (Å²) in [6, 6.07) is 0.360. The summed E-state index contributed by atoms with van der Waals surface area (Å²) in [4.78, 5) is 21.5. The fraction of sp³-hybridized carbons (Fsp3) is 0.588. The van der Waals surface area contributed by atoms with Crippen molar-refractivity contribution in [3.05, 3.63) is 41.2 Å². The predicted octanol–water partition coefficient (Wildman–Crippen LogP) is 1.54. The molecule has 2 unspecified atom stereocenters. The standard InChI is InChI=1S/C17H26N8O2/c1-3-19-17(20-6-9-24-11-15(10-21-24)25(26)27)22-7-4-14(2)16(12-22)23-8-5-18-13-23/h5,8,10-11,13-14,16H,3-4,6-7,9,12H2,1-2H3,(H,19,20). The maximum absolute atomic E-state index is 10.7. The van der Waals surface area contributed by atoms with E-state index in [2.05, 4.69) is 31.8 Å². The van der Waals surface area contributed by atoms with E-state index in [-0.39, 0.29) is 5.69 Å². The minimum Gasteiger partial charge on any atom is -0.357 e. The third kappa shape index (κ3) is 4.63. The highest BCUT2D eigenvalue weighted by Gasteiger charge is 2.28. The lowest BCUT2D eigenvalue weighted by atomic mass is 9.93. The van der Waals surface area contributed by atoms with E-state index in [9.17, 15) is 10.1 Å². The van der Waals surface area contributed by atoms with E-state index >= 15 is 0 Å². The molecule has 2 aromatic heterocycles. The van der Waals surface area contributed by atoms with Crippen molar-refractivity contribution in [2.24, 2.45) is 10.9 Å². The number of imidazole rings is 1. The minimum absolute atomic E-state index is 0.000853. The smallest absolute Gasteiger partial charge is 0.306 e. The van der Waals surface area contributed by atoms with Gasteiger partial charge >= 0.3 is 5.69 Å². The number of likely N-dealkylation sites (tertiary alicyclic amines) is 1. The number of hydrogen-bond donors (Lipinski definition) is 1. The van der Waals surface area contributed by atoms with E-state index in [4.69, 9.17) is 4.99 Å². The van der Waals surface area contributed by atoms with Gasteiger partial charge in [-0.2, -0.15) is 5.10 Å². The Labute approximate surface area is 158 Å². The Kier molecular flexibility index (Phi) is 6.05. The average molecular weight is 374 g/mol. The summed E-state index contributed by atoms with van der Waals surface area (Å²) in [5.41, 5.74) is -0.000853. The second kappa shape index (κ2) is 8.65. The lowest BCUT2D eigenvalue weighted by Gasteiger charge is -2.39. The van der Waals surface area contributed by atoms with Gasteiger partial charge in [-0.15, -0.1) is 0 Å². The van der Waals surface area contributed by atoms with Crippen LogP contribution in [0.1, 0.15) is 26.3 Å². The average Bonchev–Trinajstić information content (AvgIpc) is 3.33. The molecule has 0 aliphatic carbocycles. The number of nitrogens with zero attached hydrogens (tertiary/aromatic N) is 7. The van der Waals surface area contributed by atoms with Crippen molar-refractivity contribution in [2.45, 2.75) is 32.9 Å². The van der Waals surface area contributed by atoms with Crippen LogP contribution < -0.4 is 5.32 Å². The summed E-state index contributed by atoms with van der Waals surface area (Å²) in [6.07, 6.45) is 9.47. The highest BCUT2D eigenvalue weighted by atomic mass is 16.6. The molecule has 27 heavy (non-hydrogen) atoms. The second-order valence-corrected chi connectivity index (χ2v) is 6.74. The lowest BCUT2D eigenvalue weighted by molar-refractivity contribution is -0.385. The molecule has 0 saturated carbocycles. The normalized spacial score (nSPS) is 20.7. The van der Waals surface area contributed by atoms with Crippen molar-refractivity contribution in [3.8, 4) is 0 Å². The van der Waals surface area contributed by atoms with E-state index < -0.39 is 4.92 Å². The number of nitrogens with one attached hydrogen (secondary N) is 1. The maximum atomic E-state index is 10.7. The number of nitro groups is 1. The SMILES string of the molecule is CCNC(=NCCn1cc([N+](=O)[O-])cn1)N1CCC(C)C(n2ccnc2)C1. The molecule has 0 bridgehead atoms. The zero-order valence-electron chi connectivity index (χ0n) is 15.7. The highest BCUT2D eigenvalue weighted by molar-refractivity contribution is 5.80. The van der Waals surface area contributed by atoms with E-state index in [1.807, 2.05) is 25.6 Å². The molecule has 2 aromatic rings. The molecule has 10 nitrogen and oxygen atoms in total. The Morgan fingerprint density at radius 3 is 3.04 bits per heavy atom. The number of aliphatic imine (C=N–C) groups is 1. The van der Waals surface area contributed by atoms with Crippen LogP contribution in [0.15, 0.2) is 36.1 Å². The molecular weight excluding hydrogens is 348 g/mol. The Bertz CT molecular complexity index is 770. The molecule has 1 aliphatic rings. The van der Waals surface area contributed by atoms with Gasteiger partial charge in [0.15, 0.2) is 5.96 Å². The first-order chi connectivity index (χ1) is 13.1. The molecule has 0 spiro atoms. The van der Waals surface area contributed by atoms with Gasteiger partial charge in [0.25, 0.3) is 0 Å². The van der Waals surface area contributed by atoms with Gasteiger partial charge in [0.1, 0.15) is 12.4 Å². The third-order valence-electron chi connectivity index (χ3n) is 4.88. The van der Waals surface area contributed by atoms with Crippen LogP contribution in [0.4, 0.5) is 5.69 Å². The van der Waals surface area contributed by atoms with Gasteiger partial charge in [0.2, 0.25) is 0 Å². The molecule has 146 valence electrons. The minimum atomic E-state index is -0.442. The number of aromatic nitrogens is 4. The van der Waals surface area contributed by atoms with Crippen molar-refractivity contribution < 1.29 is 4.92 Å². The van der Waals surface area contributed by atoms with Crippen molar-refractivity contribution >= 4 is 11.6 Å². The van der Waals surface area contributed by atoms with Crippen LogP contribution in [0.2, 0.25) is 0 Å². The molecule has 3 heterocycles. The van der Waals surface area contributed by atoms with Crippen LogP contribution in [-0.2, 0) is 6.54 Å². The van der Waals surface area contributed by atoms with Gasteiger partial charge in [-0.1, -0.05) is 6.92 Å². The second-order valence-electron chi connectivity index (χ2n) is 6.74. The zero-order valence-corrected chi connectivity index (χ0v) is 15.7. The quantitative estimate of drug-likeness (QED) is 0.356. The molecule has 2 atom stereocenters. The van der Waals surface area contributed by atoms with Crippen molar-refractivity contribution in [3.63, 3.8) is 0 Å². The van der Waals surface area contributed by atoms with Crippen LogP contribution in [0, 0.1) is 16.0 Å². The summed E-state index contributed by atoms with van der Waals surface area (Å²) in [5.74, 6) is 1.44. The van der Waals surface area contributed by atoms with Gasteiger partial charge in [-0.25, -0.2) is 4.98 Å². The summed E-state index contributed by atoms with van der Waals surface area (Å²) >= 11 is 0. The summed E-state index contributed by atoms with van der Waals surface area (Å²) in [7, 11) is 0. The van der Waals surface area contributed by atoms with Crippen LogP contribution in [0.3, 0.4) is 0 Å². The van der Waals surface area contributed by atoms with E-state index in [1.165, 1.54) is 12.4 Å². The largest absolute Gasteiger partial charge is 0.357 e. The third-order valence-corrected chi connectivity index (χ3v) is 4.88. The maximum Gasteiger partial charge on any atom is 0.306 e. The molecule has 0 radical (unpaired) electrons. The Hall–Kier alpha value is -2.91. The number of piperidine rings is 1. The Morgan fingerprint density at radius 2 is 2.37 bits per heavy atom.